The minimum absolute atomic E-state index is 0.0314. The summed E-state index contributed by atoms with van der Waals surface area (Å²) >= 11 is 0. The molecule has 1 aliphatic carbocycles. The predicted molar refractivity (Wildman–Crippen MR) is 92.2 cm³/mol. The molecule has 0 aromatic heterocycles. The first-order valence-electron chi connectivity index (χ1n) is 8.23. The Bertz CT molecular complexity index is 853. The lowest BCUT2D eigenvalue weighted by atomic mass is 9.77. The first-order valence-corrected chi connectivity index (χ1v) is 8.23. The Labute approximate surface area is 141 Å². The lowest BCUT2D eigenvalue weighted by Crippen LogP contribution is -2.39. The van der Waals surface area contributed by atoms with E-state index in [0.29, 0.717) is 35.3 Å². The number of hydrogen-bond donors (Lipinski definition) is 0. The van der Waals surface area contributed by atoms with E-state index in [-0.39, 0.29) is 11.6 Å². The molecule has 3 nitrogen and oxygen atoms in total. The smallest absolute Gasteiger partial charge is 0.199 e. The summed E-state index contributed by atoms with van der Waals surface area (Å²) in [6.45, 7) is 2.54. The van der Waals surface area contributed by atoms with E-state index in [0.717, 1.165) is 12.0 Å². The van der Waals surface area contributed by atoms with Crippen LogP contribution in [0.25, 0.3) is 5.57 Å². The van der Waals surface area contributed by atoms with E-state index >= 15 is 0 Å². The standard InChI is InChI=1S/C21H18O3/c1-14-7-9-15(10-8-14)19(22)18-13-21(11-4-12-24-21)20(23)17-6-3-2-5-16(17)18/h2-3,5-10,13H,4,11-12H2,1H3. The predicted octanol–water partition coefficient (Wildman–Crippen LogP) is 4.01. The van der Waals surface area contributed by atoms with Gasteiger partial charge in [0.2, 0.25) is 0 Å². The Kier molecular flexibility index (Phi) is 3.47. The fraction of sp³-hybridized carbons (Fsp3) is 0.238. The maximum atomic E-state index is 13.1. The Morgan fingerprint density at radius 1 is 1.04 bits per heavy atom. The highest BCUT2D eigenvalue weighted by Crippen LogP contribution is 2.40. The van der Waals surface area contributed by atoms with Crippen molar-refractivity contribution in [3.05, 3.63) is 76.9 Å². The van der Waals surface area contributed by atoms with E-state index in [1.54, 1.807) is 12.1 Å². The van der Waals surface area contributed by atoms with Crippen molar-refractivity contribution < 1.29 is 14.3 Å². The van der Waals surface area contributed by atoms with Gasteiger partial charge in [-0.2, -0.15) is 0 Å². The van der Waals surface area contributed by atoms with E-state index in [9.17, 15) is 9.59 Å². The number of ether oxygens (including phenoxy) is 1. The summed E-state index contributed by atoms with van der Waals surface area (Å²) in [4.78, 5) is 26.0. The molecule has 1 atom stereocenters. The van der Waals surface area contributed by atoms with Crippen molar-refractivity contribution in [3.63, 3.8) is 0 Å². The van der Waals surface area contributed by atoms with Gasteiger partial charge in [0.15, 0.2) is 11.6 Å². The van der Waals surface area contributed by atoms with Gasteiger partial charge < -0.3 is 4.74 Å². The molecule has 0 amide bonds. The average molecular weight is 318 g/mol. The van der Waals surface area contributed by atoms with E-state index in [1.807, 2.05) is 49.4 Å². The number of allylic oxidation sites excluding steroid dienone is 1. The Hall–Kier alpha value is -2.52. The molecular formula is C21H18O3. The number of carbonyl (C=O) groups excluding carboxylic acids is 2. The molecule has 1 unspecified atom stereocenters. The fourth-order valence-electron chi connectivity index (χ4n) is 3.52. The topological polar surface area (TPSA) is 43.4 Å². The van der Waals surface area contributed by atoms with E-state index in [2.05, 4.69) is 0 Å². The molecule has 0 N–H and O–H groups in total. The first kappa shape index (κ1) is 15.0. The van der Waals surface area contributed by atoms with Crippen LogP contribution in [0.1, 0.15) is 44.7 Å². The Morgan fingerprint density at radius 2 is 1.75 bits per heavy atom. The molecule has 2 aromatic carbocycles. The number of carbonyl (C=O) groups is 2. The first-order chi connectivity index (χ1) is 11.6. The largest absolute Gasteiger partial charge is 0.363 e. The highest BCUT2D eigenvalue weighted by Gasteiger charge is 2.46. The van der Waals surface area contributed by atoms with Gasteiger partial charge in [-0.25, -0.2) is 0 Å². The third-order valence-corrected chi connectivity index (χ3v) is 4.83. The molecular weight excluding hydrogens is 300 g/mol. The van der Waals surface area contributed by atoms with Crippen LogP contribution in [0.15, 0.2) is 54.6 Å². The summed E-state index contributed by atoms with van der Waals surface area (Å²) < 4.78 is 5.81. The molecule has 1 spiro atoms. The lowest BCUT2D eigenvalue weighted by Gasteiger charge is -2.30. The van der Waals surface area contributed by atoms with Crippen LogP contribution in [0.3, 0.4) is 0 Å². The summed E-state index contributed by atoms with van der Waals surface area (Å²) in [5.41, 5.74) is 2.62. The lowest BCUT2D eigenvalue weighted by molar-refractivity contribution is 0.0350. The number of Topliss-reactive ketones (excluding diaryl/α,β-unsaturated/α-hetero) is 2. The summed E-state index contributed by atoms with van der Waals surface area (Å²) in [7, 11) is 0. The van der Waals surface area contributed by atoms with Crippen LogP contribution < -0.4 is 0 Å². The van der Waals surface area contributed by atoms with Gasteiger partial charge in [-0.15, -0.1) is 0 Å². The van der Waals surface area contributed by atoms with Gasteiger partial charge in [-0.05, 0) is 31.4 Å². The number of hydrogen-bond acceptors (Lipinski definition) is 3. The summed E-state index contributed by atoms with van der Waals surface area (Å²) in [6.07, 6.45) is 3.22. The summed E-state index contributed by atoms with van der Waals surface area (Å²) in [5.74, 6) is -0.0964. The molecule has 0 saturated carbocycles. The summed E-state index contributed by atoms with van der Waals surface area (Å²) in [5, 5.41) is 0. The van der Waals surface area contributed by atoms with Crippen LogP contribution in [0.5, 0.6) is 0 Å². The second-order valence-corrected chi connectivity index (χ2v) is 6.47. The molecule has 3 heteroatoms. The summed E-state index contributed by atoms with van der Waals surface area (Å²) in [6, 6.07) is 14.8. The maximum Gasteiger partial charge on any atom is 0.199 e. The van der Waals surface area contributed by atoms with Crippen molar-refractivity contribution in [2.24, 2.45) is 0 Å². The molecule has 120 valence electrons. The van der Waals surface area contributed by atoms with Gasteiger partial charge in [0.05, 0.1) is 0 Å². The van der Waals surface area contributed by atoms with Gasteiger partial charge in [0, 0.05) is 23.3 Å². The molecule has 0 radical (unpaired) electrons. The van der Waals surface area contributed by atoms with Crippen molar-refractivity contribution in [1.82, 2.24) is 0 Å². The van der Waals surface area contributed by atoms with Gasteiger partial charge in [0.25, 0.3) is 0 Å². The Morgan fingerprint density at radius 3 is 2.42 bits per heavy atom. The highest BCUT2D eigenvalue weighted by molar-refractivity contribution is 6.33. The quantitative estimate of drug-likeness (QED) is 0.786. The SMILES string of the molecule is Cc1ccc(C(=O)C2=CC3(CCCO3)C(=O)c3ccccc32)cc1. The van der Waals surface area contributed by atoms with Gasteiger partial charge in [0.1, 0.15) is 5.60 Å². The number of fused-ring (bicyclic) bond motifs is 1. The average Bonchev–Trinajstić information content (AvgIpc) is 3.08. The monoisotopic (exact) mass is 318 g/mol. The van der Waals surface area contributed by atoms with Crippen molar-refractivity contribution >= 4 is 17.1 Å². The molecule has 1 fully saturated rings. The maximum absolute atomic E-state index is 13.1. The number of benzene rings is 2. The van der Waals surface area contributed by atoms with Crippen LogP contribution in [0.2, 0.25) is 0 Å². The molecule has 24 heavy (non-hydrogen) atoms. The second kappa shape index (κ2) is 5.53. The fourth-order valence-corrected chi connectivity index (χ4v) is 3.52. The molecule has 2 aromatic rings. The zero-order valence-corrected chi connectivity index (χ0v) is 13.5. The molecule has 1 saturated heterocycles. The van der Waals surface area contributed by atoms with Crippen molar-refractivity contribution in [2.75, 3.05) is 6.61 Å². The van der Waals surface area contributed by atoms with Crippen LogP contribution in [-0.2, 0) is 4.74 Å². The van der Waals surface area contributed by atoms with Crippen molar-refractivity contribution in [1.29, 1.82) is 0 Å². The zero-order valence-electron chi connectivity index (χ0n) is 13.5. The normalized spacial score (nSPS) is 22.4. The number of aryl methyl sites for hydroxylation is 1. The van der Waals surface area contributed by atoms with Gasteiger partial charge >= 0.3 is 0 Å². The Balaban J connectivity index is 1.87. The van der Waals surface area contributed by atoms with E-state index < -0.39 is 5.60 Å². The minimum atomic E-state index is -0.968. The number of ketones is 2. The second-order valence-electron chi connectivity index (χ2n) is 6.47. The molecule has 1 aliphatic heterocycles. The van der Waals surface area contributed by atoms with E-state index in [4.69, 9.17) is 4.74 Å². The van der Waals surface area contributed by atoms with Crippen LogP contribution >= 0.6 is 0 Å². The molecule has 1 heterocycles. The molecule has 0 bridgehead atoms. The van der Waals surface area contributed by atoms with E-state index in [1.165, 1.54) is 0 Å². The van der Waals surface area contributed by atoms with Gasteiger partial charge in [-0.3, -0.25) is 9.59 Å². The number of rotatable bonds is 2. The third kappa shape index (κ3) is 2.24. The van der Waals surface area contributed by atoms with Gasteiger partial charge in [-0.1, -0.05) is 54.1 Å². The molecule has 4 rings (SSSR count). The van der Waals surface area contributed by atoms with Crippen LogP contribution in [-0.4, -0.2) is 23.8 Å². The van der Waals surface area contributed by atoms with Crippen molar-refractivity contribution in [3.8, 4) is 0 Å². The third-order valence-electron chi connectivity index (χ3n) is 4.83. The highest BCUT2D eigenvalue weighted by atomic mass is 16.5. The van der Waals surface area contributed by atoms with Crippen molar-refractivity contribution in [2.45, 2.75) is 25.4 Å². The zero-order chi connectivity index (χ0) is 16.7. The molecule has 2 aliphatic rings. The van der Waals surface area contributed by atoms with Crippen LogP contribution in [0.4, 0.5) is 0 Å². The minimum Gasteiger partial charge on any atom is -0.363 e. The van der Waals surface area contributed by atoms with Crippen LogP contribution in [0, 0.1) is 6.92 Å².